The largest absolute Gasteiger partial charge is 0.353 e. The summed E-state index contributed by atoms with van der Waals surface area (Å²) in [6, 6.07) is 18.1. The van der Waals surface area contributed by atoms with E-state index in [1.54, 1.807) is 12.1 Å². The number of carbonyl (C=O) groups excluding carboxylic acids is 1. The van der Waals surface area contributed by atoms with Crippen LogP contribution >= 0.6 is 0 Å². The standard InChI is InChI=1S/C21H21FN4O/c22-18-11-5-4-10-17(18)21(27)23-16-9-6-12-26(14-16)20-13-19(24-25-20)15-7-2-1-3-8-15/h1-5,7-8,10-11,13,16H,6,9,12,14H2,(H,23,27)(H,24,25). The number of anilines is 1. The molecule has 1 aliphatic heterocycles. The first-order valence-electron chi connectivity index (χ1n) is 9.12. The second kappa shape index (κ2) is 7.61. The molecule has 1 unspecified atom stereocenters. The van der Waals surface area contributed by atoms with Crippen molar-refractivity contribution >= 4 is 11.7 Å². The fourth-order valence-electron chi connectivity index (χ4n) is 3.45. The lowest BCUT2D eigenvalue weighted by atomic mass is 10.0. The lowest BCUT2D eigenvalue weighted by Crippen LogP contribution is -2.48. The fraction of sp³-hybridized carbons (Fsp3) is 0.238. The molecule has 3 aromatic rings. The Hall–Kier alpha value is -3.15. The molecule has 4 rings (SSSR count). The van der Waals surface area contributed by atoms with E-state index in [9.17, 15) is 9.18 Å². The second-order valence-corrected chi connectivity index (χ2v) is 6.74. The molecule has 0 aliphatic carbocycles. The number of rotatable bonds is 4. The van der Waals surface area contributed by atoms with Crippen molar-refractivity contribution in [2.24, 2.45) is 0 Å². The average molecular weight is 364 g/mol. The van der Waals surface area contributed by atoms with Crippen LogP contribution in [0.25, 0.3) is 11.3 Å². The maximum atomic E-state index is 13.8. The molecule has 2 N–H and O–H groups in total. The van der Waals surface area contributed by atoms with Gasteiger partial charge < -0.3 is 10.2 Å². The lowest BCUT2D eigenvalue weighted by Gasteiger charge is -2.33. The van der Waals surface area contributed by atoms with Gasteiger partial charge in [0.2, 0.25) is 0 Å². The number of aromatic nitrogens is 2. The molecule has 27 heavy (non-hydrogen) atoms. The molecule has 5 nitrogen and oxygen atoms in total. The number of hydrogen-bond donors (Lipinski definition) is 2. The number of benzene rings is 2. The van der Waals surface area contributed by atoms with Gasteiger partial charge >= 0.3 is 0 Å². The molecule has 2 aromatic carbocycles. The molecule has 1 atom stereocenters. The zero-order valence-corrected chi connectivity index (χ0v) is 14.9. The summed E-state index contributed by atoms with van der Waals surface area (Å²) in [5, 5.41) is 10.5. The normalized spacial score (nSPS) is 16.9. The van der Waals surface area contributed by atoms with Crippen LogP contribution in [0.1, 0.15) is 23.2 Å². The first kappa shape index (κ1) is 17.3. The van der Waals surface area contributed by atoms with Crippen molar-refractivity contribution in [2.75, 3.05) is 18.0 Å². The first-order valence-corrected chi connectivity index (χ1v) is 9.12. The number of piperidine rings is 1. The smallest absolute Gasteiger partial charge is 0.254 e. The summed E-state index contributed by atoms with van der Waals surface area (Å²) in [6.07, 6.45) is 1.81. The summed E-state index contributed by atoms with van der Waals surface area (Å²) in [6.45, 7) is 1.53. The van der Waals surface area contributed by atoms with Crippen LogP contribution in [0.3, 0.4) is 0 Å². The minimum Gasteiger partial charge on any atom is -0.353 e. The molecule has 2 heterocycles. The average Bonchev–Trinajstić information content (AvgIpc) is 3.19. The fourth-order valence-corrected chi connectivity index (χ4v) is 3.45. The third kappa shape index (κ3) is 3.84. The van der Waals surface area contributed by atoms with Crippen molar-refractivity contribution in [1.29, 1.82) is 0 Å². The van der Waals surface area contributed by atoms with E-state index in [-0.39, 0.29) is 17.5 Å². The predicted molar refractivity (Wildman–Crippen MR) is 103 cm³/mol. The van der Waals surface area contributed by atoms with Crippen molar-refractivity contribution in [3.05, 3.63) is 72.0 Å². The van der Waals surface area contributed by atoms with E-state index < -0.39 is 5.82 Å². The highest BCUT2D eigenvalue weighted by Gasteiger charge is 2.24. The van der Waals surface area contributed by atoms with E-state index in [0.29, 0.717) is 6.54 Å². The van der Waals surface area contributed by atoms with E-state index in [1.807, 2.05) is 36.4 Å². The number of nitrogens with one attached hydrogen (secondary N) is 2. The number of H-pyrrole nitrogens is 1. The van der Waals surface area contributed by atoms with Crippen LogP contribution in [0.2, 0.25) is 0 Å². The van der Waals surface area contributed by atoms with Crippen molar-refractivity contribution in [1.82, 2.24) is 15.5 Å². The molecule has 0 spiro atoms. The van der Waals surface area contributed by atoms with Gasteiger partial charge in [-0.3, -0.25) is 9.89 Å². The van der Waals surface area contributed by atoms with Crippen LogP contribution in [-0.4, -0.2) is 35.2 Å². The topological polar surface area (TPSA) is 61.0 Å². The molecule has 138 valence electrons. The Labute approximate surface area is 157 Å². The Bertz CT molecular complexity index is 925. The van der Waals surface area contributed by atoms with Crippen molar-refractivity contribution in [3.63, 3.8) is 0 Å². The van der Waals surface area contributed by atoms with E-state index >= 15 is 0 Å². The van der Waals surface area contributed by atoms with E-state index in [1.165, 1.54) is 12.1 Å². The Morgan fingerprint density at radius 2 is 1.93 bits per heavy atom. The van der Waals surface area contributed by atoms with Gasteiger partial charge in [0, 0.05) is 25.2 Å². The molecule has 1 amide bonds. The van der Waals surface area contributed by atoms with E-state index in [2.05, 4.69) is 20.4 Å². The molecule has 0 bridgehead atoms. The van der Waals surface area contributed by atoms with Gasteiger partial charge in [-0.25, -0.2) is 4.39 Å². The summed E-state index contributed by atoms with van der Waals surface area (Å²) in [5.74, 6) is -0.00637. The monoisotopic (exact) mass is 364 g/mol. The summed E-state index contributed by atoms with van der Waals surface area (Å²) >= 11 is 0. The minimum absolute atomic E-state index is 0.0391. The SMILES string of the molecule is O=C(NC1CCCN(c2cc(-c3ccccc3)[nH]n2)C1)c1ccccc1F. The third-order valence-corrected chi connectivity index (χ3v) is 4.85. The van der Waals surface area contributed by atoms with Gasteiger partial charge in [-0.05, 0) is 30.5 Å². The second-order valence-electron chi connectivity index (χ2n) is 6.74. The Balaban J connectivity index is 1.43. The molecule has 1 saturated heterocycles. The molecule has 0 saturated carbocycles. The van der Waals surface area contributed by atoms with E-state index in [4.69, 9.17) is 0 Å². The number of carbonyl (C=O) groups is 1. The number of halogens is 1. The Morgan fingerprint density at radius 3 is 2.74 bits per heavy atom. The molecule has 1 aliphatic rings. The molecule has 1 aromatic heterocycles. The van der Waals surface area contributed by atoms with Crippen LogP contribution in [-0.2, 0) is 0 Å². The minimum atomic E-state index is -0.498. The third-order valence-electron chi connectivity index (χ3n) is 4.85. The molecule has 0 radical (unpaired) electrons. The summed E-state index contributed by atoms with van der Waals surface area (Å²) in [4.78, 5) is 14.5. The van der Waals surface area contributed by atoms with Crippen LogP contribution in [0.4, 0.5) is 10.2 Å². The highest BCUT2D eigenvalue weighted by molar-refractivity contribution is 5.94. The van der Waals surface area contributed by atoms with Crippen LogP contribution in [0.5, 0.6) is 0 Å². The van der Waals surface area contributed by atoms with Crippen molar-refractivity contribution in [3.8, 4) is 11.3 Å². The summed E-state index contributed by atoms with van der Waals surface area (Å²) < 4.78 is 13.8. The number of hydrogen-bond acceptors (Lipinski definition) is 3. The van der Waals surface area contributed by atoms with Gasteiger partial charge in [-0.1, -0.05) is 42.5 Å². The van der Waals surface area contributed by atoms with Crippen LogP contribution in [0.15, 0.2) is 60.7 Å². The summed E-state index contributed by atoms with van der Waals surface area (Å²) in [7, 11) is 0. The maximum absolute atomic E-state index is 13.8. The highest BCUT2D eigenvalue weighted by Crippen LogP contribution is 2.24. The molecule has 6 heteroatoms. The predicted octanol–water partition coefficient (Wildman–Crippen LogP) is 3.61. The zero-order chi connectivity index (χ0) is 18.6. The summed E-state index contributed by atoms with van der Waals surface area (Å²) in [5.41, 5.74) is 2.13. The lowest BCUT2D eigenvalue weighted by molar-refractivity contribution is 0.0929. The van der Waals surface area contributed by atoms with Crippen molar-refractivity contribution in [2.45, 2.75) is 18.9 Å². The van der Waals surface area contributed by atoms with Crippen LogP contribution < -0.4 is 10.2 Å². The van der Waals surface area contributed by atoms with Gasteiger partial charge in [0.1, 0.15) is 5.82 Å². The highest BCUT2D eigenvalue weighted by atomic mass is 19.1. The molecular formula is C21H21FN4O. The number of aromatic amines is 1. The van der Waals surface area contributed by atoms with Gasteiger partial charge in [-0.15, -0.1) is 0 Å². The van der Waals surface area contributed by atoms with Gasteiger partial charge in [0.05, 0.1) is 11.3 Å². The van der Waals surface area contributed by atoms with E-state index in [0.717, 1.165) is 36.5 Å². The Kier molecular flexibility index (Phi) is 4.87. The van der Waals surface area contributed by atoms with Gasteiger partial charge in [0.15, 0.2) is 5.82 Å². The van der Waals surface area contributed by atoms with Gasteiger partial charge in [-0.2, -0.15) is 5.10 Å². The number of amides is 1. The molecule has 1 fully saturated rings. The zero-order valence-electron chi connectivity index (χ0n) is 14.9. The first-order chi connectivity index (χ1) is 13.2. The Morgan fingerprint density at radius 1 is 1.15 bits per heavy atom. The maximum Gasteiger partial charge on any atom is 0.254 e. The van der Waals surface area contributed by atoms with Crippen molar-refractivity contribution < 1.29 is 9.18 Å². The van der Waals surface area contributed by atoms with Crippen LogP contribution in [0, 0.1) is 5.82 Å². The number of nitrogens with zero attached hydrogens (tertiary/aromatic N) is 2. The quantitative estimate of drug-likeness (QED) is 0.743. The van der Waals surface area contributed by atoms with Gasteiger partial charge in [0.25, 0.3) is 5.91 Å². The molecular weight excluding hydrogens is 343 g/mol.